The number of carbonyl (C=O) groups excluding carboxylic acids is 2. The molecule has 4 heteroatoms. The van der Waals surface area contributed by atoms with Crippen LogP contribution in [0.25, 0.3) is 21.9 Å². The van der Waals surface area contributed by atoms with Crippen molar-refractivity contribution in [2.24, 2.45) is 0 Å². The quantitative estimate of drug-likeness (QED) is 0.276. The van der Waals surface area contributed by atoms with Gasteiger partial charge in [0.25, 0.3) is 0 Å². The molecule has 33 heavy (non-hydrogen) atoms. The van der Waals surface area contributed by atoms with Crippen molar-refractivity contribution >= 4 is 39.9 Å². The van der Waals surface area contributed by atoms with Gasteiger partial charge in [0.05, 0.1) is 5.75 Å². The summed E-state index contributed by atoms with van der Waals surface area (Å²) < 4.78 is 0. The molecule has 4 aromatic rings. The molecule has 0 aliphatic heterocycles. The van der Waals surface area contributed by atoms with Crippen LogP contribution in [0.15, 0.2) is 83.8 Å². The first kappa shape index (κ1) is 21.5. The third-order valence-corrected chi connectivity index (χ3v) is 7.52. The number of amides is 1. The van der Waals surface area contributed by atoms with Gasteiger partial charge in [-0.25, -0.2) is 0 Å². The van der Waals surface area contributed by atoms with Crippen LogP contribution in [0.2, 0.25) is 0 Å². The van der Waals surface area contributed by atoms with Crippen LogP contribution in [0.4, 0.5) is 5.69 Å². The highest BCUT2D eigenvalue weighted by Crippen LogP contribution is 2.42. The van der Waals surface area contributed by atoms with Crippen LogP contribution >= 0.6 is 11.8 Å². The molecule has 0 spiro atoms. The molecule has 5 rings (SSSR count). The highest BCUT2D eigenvalue weighted by atomic mass is 32.2. The molecular formula is C29H25NO2S. The average Bonchev–Trinajstić information content (AvgIpc) is 2.86. The van der Waals surface area contributed by atoms with E-state index >= 15 is 0 Å². The van der Waals surface area contributed by atoms with Crippen molar-refractivity contribution in [3.63, 3.8) is 0 Å². The van der Waals surface area contributed by atoms with E-state index in [1.54, 1.807) is 0 Å². The van der Waals surface area contributed by atoms with E-state index in [4.69, 9.17) is 0 Å². The summed E-state index contributed by atoms with van der Waals surface area (Å²) in [6.45, 7) is 4.38. The number of benzene rings is 4. The topological polar surface area (TPSA) is 46.2 Å². The Balaban J connectivity index is 1.37. The number of rotatable bonds is 6. The van der Waals surface area contributed by atoms with Crippen LogP contribution in [0.1, 0.15) is 47.7 Å². The zero-order valence-corrected chi connectivity index (χ0v) is 19.5. The van der Waals surface area contributed by atoms with Crippen LogP contribution in [-0.2, 0) is 4.79 Å². The van der Waals surface area contributed by atoms with Crippen molar-refractivity contribution in [3.8, 4) is 11.1 Å². The molecule has 0 saturated heterocycles. The minimum absolute atomic E-state index is 0.0433. The molecule has 1 aliphatic rings. The number of fused-ring (bicyclic) bond motifs is 2. The van der Waals surface area contributed by atoms with E-state index in [2.05, 4.69) is 43.4 Å². The van der Waals surface area contributed by atoms with Crippen molar-refractivity contribution in [1.29, 1.82) is 0 Å². The Kier molecular flexibility index (Phi) is 5.77. The summed E-state index contributed by atoms with van der Waals surface area (Å²) in [5.41, 5.74) is 5.62. The van der Waals surface area contributed by atoms with Gasteiger partial charge in [0.2, 0.25) is 5.91 Å². The maximum Gasteiger partial charge on any atom is 0.234 e. The van der Waals surface area contributed by atoms with Crippen LogP contribution in [0.3, 0.4) is 0 Å². The van der Waals surface area contributed by atoms with Gasteiger partial charge in [-0.2, -0.15) is 0 Å². The number of nitrogens with one attached hydrogen (secondary N) is 1. The van der Waals surface area contributed by atoms with E-state index in [0.29, 0.717) is 11.7 Å². The Bertz CT molecular complexity index is 1370. The lowest BCUT2D eigenvalue weighted by Gasteiger charge is -2.21. The minimum Gasteiger partial charge on any atom is -0.325 e. The third kappa shape index (κ3) is 3.96. The van der Waals surface area contributed by atoms with Crippen molar-refractivity contribution in [3.05, 3.63) is 95.6 Å². The Morgan fingerprint density at radius 1 is 0.848 bits per heavy atom. The molecule has 1 aliphatic carbocycles. The van der Waals surface area contributed by atoms with Gasteiger partial charge < -0.3 is 5.32 Å². The van der Waals surface area contributed by atoms with E-state index in [0.717, 1.165) is 50.0 Å². The zero-order chi connectivity index (χ0) is 22.9. The summed E-state index contributed by atoms with van der Waals surface area (Å²) >= 11 is 1.50. The van der Waals surface area contributed by atoms with Gasteiger partial charge in [0.1, 0.15) is 0 Å². The molecule has 1 N–H and O–H groups in total. The Hall–Kier alpha value is -3.37. The smallest absolute Gasteiger partial charge is 0.234 e. The summed E-state index contributed by atoms with van der Waals surface area (Å²) in [7, 11) is 0. The molecular weight excluding hydrogens is 426 g/mol. The molecule has 0 aromatic heterocycles. The first-order valence-corrected chi connectivity index (χ1v) is 12.3. The zero-order valence-electron chi connectivity index (χ0n) is 18.7. The Morgan fingerprint density at radius 3 is 2.33 bits per heavy atom. The fourth-order valence-electron chi connectivity index (χ4n) is 4.45. The predicted octanol–water partition coefficient (Wildman–Crippen LogP) is 7.30. The second-order valence-electron chi connectivity index (χ2n) is 8.48. The lowest BCUT2D eigenvalue weighted by Crippen LogP contribution is -2.14. The van der Waals surface area contributed by atoms with Crippen LogP contribution < -0.4 is 5.32 Å². The van der Waals surface area contributed by atoms with E-state index in [9.17, 15) is 9.59 Å². The lowest BCUT2D eigenvalue weighted by molar-refractivity contribution is -0.113. The largest absolute Gasteiger partial charge is 0.325 e. The highest BCUT2D eigenvalue weighted by molar-refractivity contribution is 8.00. The summed E-state index contributed by atoms with van der Waals surface area (Å²) in [4.78, 5) is 26.7. The molecule has 0 radical (unpaired) electrons. The van der Waals surface area contributed by atoms with Gasteiger partial charge in [-0.1, -0.05) is 74.5 Å². The highest BCUT2D eigenvalue weighted by Gasteiger charge is 2.25. The molecule has 3 nitrogen and oxygen atoms in total. The van der Waals surface area contributed by atoms with Crippen molar-refractivity contribution in [2.75, 3.05) is 11.1 Å². The minimum atomic E-state index is -0.0433. The number of hydrogen-bond acceptors (Lipinski definition) is 3. The molecule has 0 unspecified atom stereocenters. The molecule has 1 amide bonds. The normalized spacial score (nSPS) is 13.0. The Morgan fingerprint density at radius 2 is 1.58 bits per heavy atom. The third-order valence-electron chi connectivity index (χ3n) is 6.44. The van der Waals surface area contributed by atoms with Crippen molar-refractivity contribution < 1.29 is 9.59 Å². The van der Waals surface area contributed by atoms with Crippen molar-refractivity contribution in [2.45, 2.75) is 31.1 Å². The first-order valence-electron chi connectivity index (χ1n) is 11.3. The fraction of sp³-hybridized carbons (Fsp3) is 0.172. The Labute approximate surface area is 198 Å². The van der Waals surface area contributed by atoms with E-state index in [-0.39, 0.29) is 11.7 Å². The van der Waals surface area contributed by atoms with Crippen LogP contribution in [-0.4, -0.2) is 17.4 Å². The lowest BCUT2D eigenvalue weighted by atomic mass is 9.83. The van der Waals surface area contributed by atoms with Gasteiger partial charge in [-0.05, 0) is 52.6 Å². The number of anilines is 1. The number of thioether (sulfide) groups is 1. The van der Waals surface area contributed by atoms with Crippen LogP contribution in [0.5, 0.6) is 0 Å². The molecule has 1 atom stereocenters. The number of ketones is 1. The summed E-state index contributed by atoms with van der Waals surface area (Å²) in [6.07, 6.45) is 1.09. The van der Waals surface area contributed by atoms with Gasteiger partial charge in [-0.15, -0.1) is 11.8 Å². The van der Waals surface area contributed by atoms with Gasteiger partial charge >= 0.3 is 0 Å². The van der Waals surface area contributed by atoms with Gasteiger partial charge in [-0.3, -0.25) is 9.59 Å². The molecule has 164 valence electrons. The number of hydrogen-bond donors (Lipinski definition) is 1. The van der Waals surface area contributed by atoms with Gasteiger partial charge in [0, 0.05) is 27.1 Å². The second-order valence-corrected chi connectivity index (χ2v) is 9.50. The molecule has 0 saturated carbocycles. The summed E-state index contributed by atoms with van der Waals surface area (Å²) in [6, 6.07) is 25.9. The second kappa shape index (κ2) is 8.87. The van der Waals surface area contributed by atoms with E-state index in [1.165, 1.54) is 17.3 Å². The SMILES string of the molecule is CC[C@@H](C)c1ccc(NC(=O)CSc2ccc3c4c(cccc24)C(=O)c2ccccc2-3)cc1. The maximum absolute atomic E-state index is 13.1. The summed E-state index contributed by atoms with van der Waals surface area (Å²) in [5, 5.41) is 4.99. The first-order chi connectivity index (χ1) is 16.1. The molecule has 0 bridgehead atoms. The number of carbonyl (C=O) groups is 2. The molecule has 0 fully saturated rings. The standard InChI is InChI=1S/C29H25NO2S/c1-3-18(2)19-11-13-20(14-12-19)30-27(31)17-33-26-16-15-22-21-7-4-5-8-23(21)29(32)25-10-6-9-24(26)28(22)25/h4-16,18H,3,17H2,1-2H3,(H,30,31)/t18-/m1/s1. The monoisotopic (exact) mass is 451 g/mol. The average molecular weight is 452 g/mol. The van der Waals surface area contributed by atoms with Crippen LogP contribution in [0, 0.1) is 0 Å². The van der Waals surface area contributed by atoms with E-state index < -0.39 is 0 Å². The van der Waals surface area contributed by atoms with E-state index in [1.807, 2.05) is 54.6 Å². The van der Waals surface area contributed by atoms with Crippen molar-refractivity contribution in [1.82, 2.24) is 0 Å². The molecule has 0 heterocycles. The fourth-order valence-corrected chi connectivity index (χ4v) is 5.30. The summed E-state index contributed by atoms with van der Waals surface area (Å²) in [5.74, 6) is 0.829. The maximum atomic E-state index is 13.1. The molecule has 4 aromatic carbocycles. The van der Waals surface area contributed by atoms with Gasteiger partial charge in [0.15, 0.2) is 5.78 Å². The predicted molar refractivity (Wildman–Crippen MR) is 137 cm³/mol.